The van der Waals surface area contributed by atoms with Crippen LogP contribution in [0.25, 0.3) is 11.6 Å². The Balaban J connectivity index is 1.56. The predicted octanol–water partition coefficient (Wildman–Crippen LogP) is 5.14. The van der Waals surface area contributed by atoms with Gasteiger partial charge >= 0.3 is 5.97 Å². The number of aromatic amines is 1. The van der Waals surface area contributed by atoms with Crippen molar-refractivity contribution in [3.8, 4) is 11.6 Å². The van der Waals surface area contributed by atoms with Gasteiger partial charge in [-0.2, -0.15) is 0 Å². The lowest BCUT2D eigenvalue weighted by Crippen LogP contribution is -2.15. The van der Waals surface area contributed by atoms with Crippen LogP contribution in [-0.4, -0.2) is 43.9 Å². The van der Waals surface area contributed by atoms with Crippen molar-refractivity contribution in [3.63, 3.8) is 0 Å². The summed E-state index contributed by atoms with van der Waals surface area (Å²) >= 11 is 1.37. The molecule has 0 bridgehead atoms. The maximum atomic E-state index is 13.0. The van der Waals surface area contributed by atoms with Crippen LogP contribution in [0.3, 0.4) is 0 Å². The lowest BCUT2D eigenvalue weighted by atomic mass is 9.95. The molecular weight excluding hydrogens is 428 g/mol. The summed E-state index contributed by atoms with van der Waals surface area (Å²) in [5.74, 6) is 1.06. The molecule has 32 heavy (non-hydrogen) atoms. The van der Waals surface area contributed by atoms with E-state index in [0.717, 1.165) is 12.8 Å². The third-order valence-electron chi connectivity index (χ3n) is 5.87. The normalized spacial score (nSPS) is 14.6. The van der Waals surface area contributed by atoms with Crippen LogP contribution in [0.4, 0.5) is 0 Å². The standard InChI is InChI=1S/C23H28N4O4S/c1-4-30-22(29)19-14(2)20(24-15(19)3)17(28)13-32-23-26-25-21(18-11-8-12-31-18)27(23)16-9-6-5-7-10-16/h8,11-12,16,24H,4-7,9-10,13H2,1-3H3. The fourth-order valence-electron chi connectivity index (χ4n) is 4.36. The van der Waals surface area contributed by atoms with Gasteiger partial charge < -0.3 is 14.1 Å². The first-order chi connectivity index (χ1) is 15.5. The first kappa shape index (κ1) is 22.4. The summed E-state index contributed by atoms with van der Waals surface area (Å²) in [6, 6.07) is 4.01. The van der Waals surface area contributed by atoms with Crippen LogP contribution < -0.4 is 0 Å². The van der Waals surface area contributed by atoms with Crippen molar-refractivity contribution >= 4 is 23.5 Å². The molecule has 3 heterocycles. The molecule has 4 rings (SSSR count). The number of aromatic nitrogens is 4. The number of carbonyl (C=O) groups is 2. The number of esters is 1. The molecule has 0 saturated heterocycles. The Morgan fingerprint density at radius 2 is 2.03 bits per heavy atom. The lowest BCUT2D eigenvalue weighted by molar-refractivity contribution is 0.0525. The van der Waals surface area contributed by atoms with Gasteiger partial charge in [-0.1, -0.05) is 31.0 Å². The van der Waals surface area contributed by atoms with E-state index in [1.165, 1.54) is 31.0 Å². The summed E-state index contributed by atoms with van der Waals surface area (Å²) in [6.45, 7) is 5.60. The Kier molecular flexibility index (Phi) is 6.83. The summed E-state index contributed by atoms with van der Waals surface area (Å²) in [4.78, 5) is 28.3. The molecule has 3 aromatic heterocycles. The van der Waals surface area contributed by atoms with Gasteiger partial charge in [-0.25, -0.2) is 4.79 Å². The number of nitrogens with zero attached hydrogens (tertiary/aromatic N) is 3. The second-order valence-corrected chi connectivity index (χ2v) is 8.95. The van der Waals surface area contributed by atoms with Gasteiger partial charge in [-0.05, 0) is 51.3 Å². The molecule has 0 amide bonds. The molecule has 0 atom stereocenters. The largest absolute Gasteiger partial charge is 0.462 e. The fraction of sp³-hybridized carbons (Fsp3) is 0.478. The maximum absolute atomic E-state index is 13.0. The van der Waals surface area contributed by atoms with E-state index in [2.05, 4.69) is 19.7 Å². The minimum Gasteiger partial charge on any atom is -0.462 e. The van der Waals surface area contributed by atoms with Gasteiger partial charge in [0.05, 0.1) is 29.9 Å². The Bertz CT molecular complexity index is 1090. The van der Waals surface area contributed by atoms with Gasteiger partial charge in [0, 0.05) is 11.7 Å². The van der Waals surface area contributed by atoms with E-state index < -0.39 is 5.97 Å². The number of nitrogens with one attached hydrogen (secondary N) is 1. The number of thioether (sulfide) groups is 1. The zero-order valence-electron chi connectivity index (χ0n) is 18.6. The molecule has 1 saturated carbocycles. The number of furan rings is 1. The Morgan fingerprint density at radius 1 is 1.25 bits per heavy atom. The van der Waals surface area contributed by atoms with Crippen molar-refractivity contribution < 1.29 is 18.7 Å². The van der Waals surface area contributed by atoms with Crippen LogP contribution in [0.5, 0.6) is 0 Å². The number of hydrogen-bond acceptors (Lipinski definition) is 7. The molecule has 1 N–H and O–H groups in total. The molecule has 0 radical (unpaired) electrons. The first-order valence-corrected chi connectivity index (χ1v) is 12.0. The van der Waals surface area contributed by atoms with Crippen molar-refractivity contribution in [2.45, 2.75) is 64.1 Å². The SMILES string of the molecule is CCOC(=O)c1c(C)[nH]c(C(=O)CSc2nnc(-c3ccco3)n2C2CCCCC2)c1C. The van der Waals surface area contributed by atoms with Gasteiger partial charge in [0.25, 0.3) is 0 Å². The first-order valence-electron chi connectivity index (χ1n) is 11.0. The number of hydrogen-bond donors (Lipinski definition) is 1. The predicted molar refractivity (Wildman–Crippen MR) is 121 cm³/mol. The number of aryl methyl sites for hydroxylation is 1. The van der Waals surface area contributed by atoms with Gasteiger partial charge in [-0.15, -0.1) is 10.2 Å². The van der Waals surface area contributed by atoms with Crippen molar-refractivity contribution in [3.05, 3.63) is 40.9 Å². The Labute approximate surface area is 191 Å². The van der Waals surface area contributed by atoms with Crippen molar-refractivity contribution in [1.82, 2.24) is 19.7 Å². The monoisotopic (exact) mass is 456 g/mol. The van der Waals surface area contributed by atoms with E-state index in [-0.39, 0.29) is 18.1 Å². The zero-order valence-corrected chi connectivity index (χ0v) is 19.5. The molecule has 1 aliphatic carbocycles. The van der Waals surface area contributed by atoms with Gasteiger partial charge in [-0.3, -0.25) is 9.36 Å². The highest BCUT2D eigenvalue weighted by Gasteiger charge is 2.27. The van der Waals surface area contributed by atoms with Crippen molar-refractivity contribution in [2.24, 2.45) is 0 Å². The molecule has 3 aromatic rings. The van der Waals surface area contributed by atoms with Crippen molar-refractivity contribution in [2.75, 3.05) is 12.4 Å². The molecule has 0 unspecified atom stereocenters. The average molecular weight is 457 g/mol. The summed E-state index contributed by atoms with van der Waals surface area (Å²) in [5.41, 5.74) is 2.13. The summed E-state index contributed by atoms with van der Waals surface area (Å²) in [7, 11) is 0. The summed E-state index contributed by atoms with van der Waals surface area (Å²) in [6.07, 6.45) is 7.32. The van der Waals surface area contributed by atoms with E-state index in [1.54, 1.807) is 27.0 Å². The van der Waals surface area contributed by atoms with Gasteiger partial charge in [0.2, 0.25) is 5.82 Å². The summed E-state index contributed by atoms with van der Waals surface area (Å²) < 4.78 is 12.8. The lowest BCUT2D eigenvalue weighted by Gasteiger charge is -2.25. The fourth-order valence-corrected chi connectivity index (χ4v) is 5.24. The highest BCUT2D eigenvalue weighted by molar-refractivity contribution is 7.99. The molecule has 170 valence electrons. The van der Waals surface area contributed by atoms with Crippen LogP contribution in [0.2, 0.25) is 0 Å². The molecule has 8 nitrogen and oxygen atoms in total. The number of ether oxygens (including phenoxy) is 1. The third kappa shape index (κ3) is 4.39. The molecule has 1 fully saturated rings. The van der Waals surface area contributed by atoms with Gasteiger partial charge in [0.1, 0.15) is 0 Å². The van der Waals surface area contributed by atoms with E-state index in [4.69, 9.17) is 9.15 Å². The summed E-state index contributed by atoms with van der Waals surface area (Å²) in [5, 5.41) is 9.48. The highest BCUT2D eigenvalue weighted by atomic mass is 32.2. The molecule has 0 aliphatic heterocycles. The average Bonchev–Trinajstić information content (AvgIpc) is 3.51. The number of rotatable bonds is 8. The van der Waals surface area contributed by atoms with Crippen LogP contribution in [0.15, 0.2) is 28.0 Å². The molecule has 0 spiro atoms. The van der Waals surface area contributed by atoms with E-state index in [9.17, 15) is 9.59 Å². The molecule has 0 aromatic carbocycles. The number of H-pyrrole nitrogens is 1. The Morgan fingerprint density at radius 3 is 2.72 bits per heavy atom. The third-order valence-corrected chi connectivity index (χ3v) is 6.82. The van der Waals surface area contributed by atoms with Crippen LogP contribution >= 0.6 is 11.8 Å². The Hall–Kier alpha value is -2.81. The zero-order chi connectivity index (χ0) is 22.7. The van der Waals surface area contributed by atoms with E-state index in [1.807, 2.05) is 12.1 Å². The minimum atomic E-state index is -0.411. The number of Topliss-reactive ketones (excluding diaryl/α,β-unsaturated/α-hetero) is 1. The quantitative estimate of drug-likeness (QED) is 0.284. The number of carbonyl (C=O) groups excluding carboxylic acids is 2. The van der Waals surface area contributed by atoms with Crippen LogP contribution in [-0.2, 0) is 4.74 Å². The number of ketones is 1. The van der Waals surface area contributed by atoms with Crippen LogP contribution in [0.1, 0.15) is 77.2 Å². The molecule has 1 aliphatic rings. The van der Waals surface area contributed by atoms with Gasteiger partial charge in [0.15, 0.2) is 16.7 Å². The topological polar surface area (TPSA) is 103 Å². The minimum absolute atomic E-state index is 0.0936. The second kappa shape index (κ2) is 9.77. The van der Waals surface area contributed by atoms with E-state index in [0.29, 0.717) is 45.3 Å². The highest BCUT2D eigenvalue weighted by Crippen LogP contribution is 2.36. The smallest absolute Gasteiger partial charge is 0.340 e. The van der Waals surface area contributed by atoms with Crippen LogP contribution in [0, 0.1) is 13.8 Å². The molecular formula is C23H28N4O4S. The molecule has 9 heteroatoms. The second-order valence-electron chi connectivity index (χ2n) is 8.00. The van der Waals surface area contributed by atoms with Crippen molar-refractivity contribution in [1.29, 1.82) is 0 Å². The maximum Gasteiger partial charge on any atom is 0.340 e. The van der Waals surface area contributed by atoms with E-state index >= 15 is 0 Å².